The van der Waals surface area contributed by atoms with E-state index in [1.165, 1.54) is 23.9 Å². The molecular formula is C27H24FN3O4S. The average Bonchev–Trinajstić information content (AvgIpc) is 3.30. The number of carbonyl (C=O) groups excluding carboxylic acids is 3. The molecule has 1 atom stereocenters. The molecule has 0 saturated heterocycles. The largest absolute Gasteiger partial charge is 0.454 e. The van der Waals surface area contributed by atoms with Crippen molar-refractivity contribution >= 4 is 46.1 Å². The Morgan fingerprint density at radius 2 is 1.81 bits per heavy atom. The van der Waals surface area contributed by atoms with E-state index in [0.717, 1.165) is 33.5 Å². The van der Waals surface area contributed by atoms with E-state index in [-0.39, 0.29) is 12.0 Å². The van der Waals surface area contributed by atoms with Crippen molar-refractivity contribution in [2.24, 2.45) is 0 Å². The molecule has 3 N–H and O–H groups in total. The minimum atomic E-state index is -1.07. The molecule has 4 aromatic rings. The number of anilines is 1. The first-order chi connectivity index (χ1) is 17.4. The summed E-state index contributed by atoms with van der Waals surface area (Å²) in [5.74, 6) is -2.30. The number of aromatic nitrogens is 1. The van der Waals surface area contributed by atoms with E-state index in [9.17, 15) is 18.8 Å². The molecule has 0 aliphatic carbocycles. The van der Waals surface area contributed by atoms with Crippen LogP contribution in [0.3, 0.4) is 0 Å². The third-order valence-electron chi connectivity index (χ3n) is 5.49. The van der Waals surface area contributed by atoms with Crippen molar-refractivity contribution in [2.45, 2.75) is 17.4 Å². The number of halogens is 1. The molecule has 0 fully saturated rings. The Morgan fingerprint density at radius 1 is 1.03 bits per heavy atom. The number of fused-ring (bicyclic) bond motifs is 1. The van der Waals surface area contributed by atoms with Crippen LogP contribution in [0.4, 0.5) is 10.1 Å². The Bertz CT molecular complexity index is 1390. The van der Waals surface area contributed by atoms with Gasteiger partial charge in [0.1, 0.15) is 11.9 Å². The number of rotatable bonds is 9. The summed E-state index contributed by atoms with van der Waals surface area (Å²) in [6.07, 6.45) is 3.82. The fraction of sp³-hybridized carbons (Fsp3) is 0.148. The monoisotopic (exact) mass is 505 g/mol. The lowest BCUT2D eigenvalue weighted by Crippen LogP contribution is -2.44. The number of hydrogen-bond acceptors (Lipinski definition) is 5. The number of benzene rings is 3. The van der Waals surface area contributed by atoms with Crippen molar-refractivity contribution in [1.82, 2.24) is 10.3 Å². The molecule has 184 valence electrons. The topological polar surface area (TPSA) is 100 Å². The van der Waals surface area contributed by atoms with E-state index in [2.05, 4.69) is 15.6 Å². The van der Waals surface area contributed by atoms with Crippen LogP contribution in [0.15, 0.2) is 83.9 Å². The number of esters is 1. The van der Waals surface area contributed by atoms with Crippen LogP contribution in [0, 0.1) is 5.82 Å². The van der Waals surface area contributed by atoms with Gasteiger partial charge in [-0.3, -0.25) is 9.59 Å². The van der Waals surface area contributed by atoms with Crippen LogP contribution in [0.5, 0.6) is 0 Å². The van der Waals surface area contributed by atoms with Crippen molar-refractivity contribution in [2.75, 3.05) is 18.2 Å². The summed E-state index contributed by atoms with van der Waals surface area (Å²) < 4.78 is 18.5. The third-order valence-corrected chi connectivity index (χ3v) is 6.22. The van der Waals surface area contributed by atoms with E-state index in [1.54, 1.807) is 12.3 Å². The van der Waals surface area contributed by atoms with Gasteiger partial charge in [0.15, 0.2) is 6.61 Å². The van der Waals surface area contributed by atoms with E-state index < -0.39 is 36.2 Å². The van der Waals surface area contributed by atoms with Crippen molar-refractivity contribution in [3.05, 3.63) is 95.9 Å². The fourth-order valence-corrected chi connectivity index (χ4v) is 4.15. The first-order valence-electron chi connectivity index (χ1n) is 11.1. The van der Waals surface area contributed by atoms with Gasteiger partial charge in [-0.1, -0.05) is 24.3 Å². The Morgan fingerprint density at radius 3 is 2.58 bits per heavy atom. The van der Waals surface area contributed by atoms with E-state index >= 15 is 0 Å². The van der Waals surface area contributed by atoms with Crippen LogP contribution in [-0.2, 0) is 20.7 Å². The highest BCUT2D eigenvalue weighted by Gasteiger charge is 2.25. The molecule has 0 aliphatic rings. The Kier molecular flexibility index (Phi) is 8.02. The van der Waals surface area contributed by atoms with Crippen molar-refractivity contribution in [3.8, 4) is 0 Å². The number of amides is 2. The maximum absolute atomic E-state index is 13.3. The van der Waals surface area contributed by atoms with Gasteiger partial charge in [0.05, 0.1) is 0 Å². The van der Waals surface area contributed by atoms with Crippen LogP contribution >= 0.6 is 11.8 Å². The van der Waals surface area contributed by atoms with E-state index in [0.29, 0.717) is 5.69 Å². The highest BCUT2D eigenvalue weighted by atomic mass is 32.2. The van der Waals surface area contributed by atoms with Gasteiger partial charge in [0.2, 0.25) is 0 Å². The van der Waals surface area contributed by atoms with Crippen LogP contribution in [0.2, 0.25) is 0 Å². The highest BCUT2D eigenvalue weighted by Crippen LogP contribution is 2.20. The van der Waals surface area contributed by atoms with Crippen LogP contribution < -0.4 is 10.6 Å². The van der Waals surface area contributed by atoms with Crippen LogP contribution in [0.1, 0.15) is 15.9 Å². The summed E-state index contributed by atoms with van der Waals surface area (Å²) in [5, 5.41) is 6.26. The van der Waals surface area contributed by atoms with Gasteiger partial charge in [-0.05, 0) is 60.4 Å². The first kappa shape index (κ1) is 25.0. The summed E-state index contributed by atoms with van der Waals surface area (Å²) in [6.45, 7) is -0.515. The number of ether oxygens (including phenoxy) is 1. The molecule has 4 rings (SSSR count). The molecule has 1 aromatic heterocycles. The lowest BCUT2D eigenvalue weighted by atomic mass is 10.0. The normalized spacial score (nSPS) is 11.6. The van der Waals surface area contributed by atoms with Crippen molar-refractivity contribution in [3.63, 3.8) is 0 Å². The fourth-order valence-electron chi connectivity index (χ4n) is 3.69. The molecule has 0 aliphatic heterocycles. The Balaban J connectivity index is 1.46. The molecule has 0 bridgehead atoms. The zero-order valence-electron chi connectivity index (χ0n) is 19.4. The zero-order chi connectivity index (χ0) is 25.5. The van der Waals surface area contributed by atoms with Gasteiger partial charge >= 0.3 is 5.97 Å². The molecule has 0 spiro atoms. The van der Waals surface area contributed by atoms with Gasteiger partial charge < -0.3 is 20.4 Å². The van der Waals surface area contributed by atoms with Gasteiger partial charge in [-0.25, -0.2) is 9.18 Å². The second kappa shape index (κ2) is 11.5. The lowest BCUT2D eigenvalue weighted by Gasteiger charge is -2.18. The summed E-state index contributed by atoms with van der Waals surface area (Å²) in [6, 6.07) is 18.8. The maximum atomic E-state index is 13.3. The third kappa shape index (κ3) is 6.31. The number of nitrogens with one attached hydrogen (secondary N) is 3. The summed E-state index contributed by atoms with van der Waals surface area (Å²) in [4.78, 5) is 42.3. The van der Waals surface area contributed by atoms with E-state index in [1.807, 2.05) is 48.7 Å². The quantitative estimate of drug-likeness (QED) is 0.229. The average molecular weight is 506 g/mol. The van der Waals surface area contributed by atoms with Crippen LogP contribution in [-0.4, -0.2) is 41.7 Å². The number of hydrogen-bond donors (Lipinski definition) is 3. The Labute approximate surface area is 211 Å². The molecule has 0 saturated carbocycles. The first-order valence-corrected chi connectivity index (χ1v) is 12.4. The summed E-state index contributed by atoms with van der Waals surface area (Å²) >= 11 is 1.54. The second-order valence-corrected chi connectivity index (χ2v) is 8.86. The van der Waals surface area contributed by atoms with Crippen LogP contribution in [0.25, 0.3) is 10.9 Å². The number of thioether (sulfide) groups is 1. The standard InChI is InChI=1S/C27H24FN3O4S/c1-36-21-6-4-5-20(14-21)30-25(32)16-35-27(34)24(31-26(33)17-9-11-19(28)12-10-17)13-18-15-29-23-8-3-2-7-22(18)23/h2-12,14-15,24,29H,13,16H2,1H3,(H,30,32)(H,31,33)/t24-/m0/s1. The zero-order valence-corrected chi connectivity index (χ0v) is 20.2. The molecule has 9 heteroatoms. The SMILES string of the molecule is CSc1cccc(NC(=O)COC(=O)[C@H](Cc2c[nH]c3ccccc23)NC(=O)c2ccc(F)cc2)c1. The smallest absolute Gasteiger partial charge is 0.329 e. The lowest BCUT2D eigenvalue weighted by molar-refractivity contribution is -0.149. The van der Waals surface area contributed by atoms with Gasteiger partial charge in [-0.2, -0.15) is 0 Å². The number of aromatic amines is 1. The predicted octanol–water partition coefficient (Wildman–Crippen LogP) is 4.55. The van der Waals surface area contributed by atoms with E-state index in [4.69, 9.17) is 4.74 Å². The molecule has 7 nitrogen and oxygen atoms in total. The van der Waals surface area contributed by atoms with Gasteiger partial charge in [-0.15, -0.1) is 11.8 Å². The molecule has 3 aromatic carbocycles. The summed E-state index contributed by atoms with van der Waals surface area (Å²) in [7, 11) is 0. The summed E-state index contributed by atoms with van der Waals surface area (Å²) in [5.41, 5.74) is 2.46. The molecule has 1 heterocycles. The van der Waals surface area contributed by atoms with Gasteiger partial charge in [0.25, 0.3) is 11.8 Å². The number of para-hydroxylation sites is 1. The van der Waals surface area contributed by atoms with Crippen molar-refractivity contribution < 1.29 is 23.5 Å². The predicted molar refractivity (Wildman–Crippen MR) is 137 cm³/mol. The molecular weight excluding hydrogens is 481 g/mol. The van der Waals surface area contributed by atoms with Crippen molar-refractivity contribution in [1.29, 1.82) is 0 Å². The second-order valence-electron chi connectivity index (χ2n) is 7.98. The van der Waals surface area contributed by atoms with Gasteiger partial charge in [0, 0.05) is 39.7 Å². The minimum absolute atomic E-state index is 0.132. The number of carbonyl (C=O) groups is 3. The Hall–Kier alpha value is -4.11. The molecule has 36 heavy (non-hydrogen) atoms. The highest BCUT2D eigenvalue weighted by molar-refractivity contribution is 7.98. The number of H-pyrrole nitrogens is 1. The molecule has 2 amide bonds. The molecule has 0 radical (unpaired) electrons. The molecule has 0 unspecified atom stereocenters. The minimum Gasteiger partial charge on any atom is -0.454 e. The maximum Gasteiger partial charge on any atom is 0.329 e.